The van der Waals surface area contributed by atoms with Gasteiger partial charge < -0.3 is 19.1 Å². The minimum absolute atomic E-state index is 0.130. The van der Waals surface area contributed by atoms with E-state index in [4.69, 9.17) is 25.8 Å². The van der Waals surface area contributed by atoms with Gasteiger partial charge in [-0.15, -0.1) is 0 Å². The van der Waals surface area contributed by atoms with E-state index in [2.05, 4.69) is 21.8 Å². The van der Waals surface area contributed by atoms with Gasteiger partial charge in [-0.05, 0) is 97.7 Å². The van der Waals surface area contributed by atoms with E-state index >= 15 is 0 Å². The monoisotopic (exact) mass is 670 g/mol. The molecule has 2 aliphatic carbocycles. The molecule has 0 radical (unpaired) electrons. The van der Waals surface area contributed by atoms with Gasteiger partial charge in [0.25, 0.3) is 5.91 Å². The number of allylic oxidation sites excluding steroid dienone is 1. The molecule has 2 heterocycles. The summed E-state index contributed by atoms with van der Waals surface area (Å²) in [5.74, 6) is -0.574. The molecule has 1 fully saturated rings. The Hall–Kier alpha value is -3.08. The largest absolute Gasteiger partial charge is 0.490 e. The second-order valence-corrected chi connectivity index (χ2v) is 15.8. The van der Waals surface area contributed by atoms with Crippen LogP contribution in [0.1, 0.15) is 66.9 Å². The summed E-state index contributed by atoms with van der Waals surface area (Å²) < 4.78 is 46.9. The maximum atomic E-state index is 13.7. The number of esters is 1. The highest BCUT2D eigenvalue weighted by Crippen LogP contribution is 2.47. The molecule has 46 heavy (non-hydrogen) atoms. The number of aryl methyl sites for hydroxylation is 1. The Bertz CT molecular complexity index is 1630. The lowest BCUT2D eigenvalue weighted by Crippen LogP contribution is -2.49. The number of sulfonamides is 1. The molecule has 0 saturated heterocycles. The van der Waals surface area contributed by atoms with Crippen LogP contribution in [-0.4, -0.2) is 65.6 Å². The molecule has 6 atom stereocenters. The second-order valence-electron chi connectivity index (χ2n) is 13.4. The molecule has 2 aromatic rings. The molecule has 0 aromatic heterocycles. The molecule has 0 unspecified atom stereocenters. The lowest BCUT2D eigenvalue weighted by atomic mass is 9.68. The first-order valence-corrected chi connectivity index (χ1v) is 18.1. The van der Waals surface area contributed by atoms with Gasteiger partial charge in [-0.25, -0.2) is 13.1 Å². The van der Waals surface area contributed by atoms with Gasteiger partial charge in [-0.1, -0.05) is 36.7 Å². The Kier molecular flexibility index (Phi) is 9.43. The summed E-state index contributed by atoms with van der Waals surface area (Å²) in [6.07, 6.45) is 8.88. The number of anilines is 1. The van der Waals surface area contributed by atoms with Gasteiger partial charge in [-0.3, -0.25) is 9.59 Å². The first-order chi connectivity index (χ1) is 22.0. The minimum Gasteiger partial charge on any atom is -0.490 e. The van der Waals surface area contributed by atoms with E-state index in [1.54, 1.807) is 32.2 Å². The molecule has 1 spiro atoms. The van der Waals surface area contributed by atoms with Crippen LogP contribution in [0.3, 0.4) is 0 Å². The zero-order valence-electron chi connectivity index (χ0n) is 26.7. The van der Waals surface area contributed by atoms with Crippen molar-refractivity contribution in [3.63, 3.8) is 0 Å². The normalized spacial score (nSPS) is 31.3. The van der Waals surface area contributed by atoms with Crippen molar-refractivity contribution < 1.29 is 32.2 Å². The summed E-state index contributed by atoms with van der Waals surface area (Å²) in [4.78, 5) is 28.2. The molecule has 6 rings (SSSR count). The van der Waals surface area contributed by atoms with Crippen molar-refractivity contribution in [3.05, 3.63) is 70.3 Å². The van der Waals surface area contributed by atoms with Crippen LogP contribution in [-0.2, 0) is 36.1 Å². The fourth-order valence-electron chi connectivity index (χ4n) is 7.90. The molecule has 11 heteroatoms. The Balaban J connectivity index is 1.42. The van der Waals surface area contributed by atoms with Crippen molar-refractivity contribution in [2.75, 3.05) is 38.8 Å². The van der Waals surface area contributed by atoms with Crippen LogP contribution in [0.25, 0.3) is 0 Å². The molecule has 1 N–H and O–H groups in total. The number of amides is 1. The molecule has 9 nitrogen and oxygen atoms in total. The van der Waals surface area contributed by atoms with E-state index in [1.165, 1.54) is 18.2 Å². The number of fused-ring (bicyclic) bond motifs is 4. The zero-order chi connectivity index (χ0) is 32.6. The van der Waals surface area contributed by atoms with E-state index < -0.39 is 33.1 Å². The molecule has 248 valence electrons. The van der Waals surface area contributed by atoms with Crippen LogP contribution in [0.5, 0.6) is 5.75 Å². The predicted molar refractivity (Wildman–Crippen MR) is 177 cm³/mol. The number of nitrogens with one attached hydrogen (secondary N) is 1. The Morgan fingerprint density at radius 3 is 2.74 bits per heavy atom. The molecule has 2 aromatic carbocycles. The second kappa shape index (κ2) is 13.2. The Morgan fingerprint density at radius 2 is 2.00 bits per heavy atom. The van der Waals surface area contributed by atoms with Crippen molar-refractivity contribution in [2.24, 2.45) is 17.8 Å². The van der Waals surface area contributed by atoms with E-state index in [1.807, 2.05) is 18.2 Å². The summed E-state index contributed by atoms with van der Waals surface area (Å²) in [6, 6.07) is 11.3. The van der Waals surface area contributed by atoms with Gasteiger partial charge in [0.05, 0.1) is 37.2 Å². The number of hydrogen-bond acceptors (Lipinski definition) is 8. The van der Waals surface area contributed by atoms with Crippen LogP contribution < -0.4 is 14.4 Å². The highest BCUT2D eigenvalue weighted by Gasteiger charge is 2.44. The topological polar surface area (TPSA) is 111 Å². The first kappa shape index (κ1) is 32.8. The Morgan fingerprint density at radius 1 is 1.17 bits per heavy atom. The summed E-state index contributed by atoms with van der Waals surface area (Å²) >= 11 is 6.41. The van der Waals surface area contributed by atoms with Crippen LogP contribution in [0.2, 0.25) is 5.02 Å². The maximum Gasteiger partial charge on any atom is 0.306 e. The minimum atomic E-state index is -4.25. The SMILES string of the molecule is COC(=O)C[C@H]1[C@@H](C)C/C=C/[C@H](OC)[C@@H]2CC[C@H]2CN2C[C@@]3(CCCc4cc(Cl)ccc43)COc3ccc(cc32)C(=O)NS1(=O)=O. The van der Waals surface area contributed by atoms with E-state index in [9.17, 15) is 18.0 Å². The number of nitrogens with zero attached hydrogens (tertiary/aromatic N) is 1. The van der Waals surface area contributed by atoms with Crippen LogP contribution in [0, 0.1) is 17.8 Å². The third-order valence-electron chi connectivity index (χ3n) is 10.6. The van der Waals surface area contributed by atoms with E-state index in [0.717, 1.165) is 49.4 Å². The molecule has 1 amide bonds. The first-order valence-electron chi connectivity index (χ1n) is 16.2. The van der Waals surface area contributed by atoms with Crippen molar-refractivity contribution in [1.29, 1.82) is 0 Å². The van der Waals surface area contributed by atoms with Gasteiger partial charge in [0.1, 0.15) is 5.75 Å². The Labute approximate surface area is 276 Å². The molecule has 4 aliphatic rings. The standard InChI is InChI=1S/C35H43ClN2O7S/c1-22-6-4-8-30(43-2)27-12-9-25(27)19-38-20-35(15-5-7-23-16-26(36)11-13-28(23)35)21-45-31-14-10-24(17-29(31)38)34(40)37-46(41,42)32(22)18-33(39)44-3/h4,8,10-11,13-14,16-17,22,25,27,30,32H,5-7,9,12,15,18-21H2,1-3H3,(H,37,40)/b8-4+/t22-,25-,27+,30-,32-,35-/m0/s1. The van der Waals surface area contributed by atoms with Crippen molar-refractivity contribution in [1.82, 2.24) is 4.72 Å². The third-order valence-corrected chi connectivity index (χ3v) is 12.8. The van der Waals surface area contributed by atoms with Crippen LogP contribution >= 0.6 is 11.6 Å². The maximum absolute atomic E-state index is 13.7. The highest BCUT2D eigenvalue weighted by atomic mass is 35.5. The molecule has 1 saturated carbocycles. The number of ether oxygens (including phenoxy) is 3. The highest BCUT2D eigenvalue weighted by molar-refractivity contribution is 7.90. The molecular weight excluding hydrogens is 628 g/mol. The number of carbonyl (C=O) groups is 2. The van der Waals surface area contributed by atoms with E-state index in [0.29, 0.717) is 31.2 Å². The average Bonchev–Trinajstić information content (AvgIpc) is 3.17. The lowest BCUT2D eigenvalue weighted by molar-refractivity contribution is -0.140. The van der Waals surface area contributed by atoms with Gasteiger partial charge in [0.2, 0.25) is 10.0 Å². The number of benzene rings is 2. The third kappa shape index (κ3) is 6.40. The van der Waals surface area contributed by atoms with Crippen LogP contribution in [0.15, 0.2) is 48.6 Å². The number of rotatable bonds is 3. The molecular formula is C35H43ClN2O7S. The summed E-state index contributed by atoms with van der Waals surface area (Å²) in [5.41, 5.74) is 3.19. The summed E-state index contributed by atoms with van der Waals surface area (Å²) in [6.45, 7) is 3.69. The number of methoxy groups -OCH3 is 2. The summed E-state index contributed by atoms with van der Waals surface area (Å²) in [5, 5.41) is -0.442. The number of carbonyl (C=O) groups excluding carboxylic acids is 2. The van der Waals surface area contributed by atoms with Gasteiger partial charge >= 0.3 is 5.97 Å². The zero-order valence-corrected chi connectivity index (χ0v) is 28.2. The van der Waals surface area contributed by atoms with Gasteiger partial charge in [-0.2, -0.15) is 0 Å². The number of hydrogen-bond donors (Lipinski definition) is 1. The predicted octanol–water partition coefficient (Wildman–Crippen LogP) is 5.44. The van der Waals surface area contributed by atoms with Crippen molar-refractivity contribution in [3.8, 4) is 5.75 Å². The quantitative estimate of drug-likeness (QED) is 0.340. The summed E-state index contributed by atoms with van der Waals surface area (Å²) in [7, 11) is -1.32. The smallest absolute Gasteiger partial charge is 0.306 e. The van der Waals surface area contributed by atoms with Gasteiger partial charge in [0.15, 0.2) is 0 Å². The molecule has 2 aliphatic heterocycles. The average molecular weight is 671 g/mol. The number of halogens is 1. The van der Waals surface area contributed by atoms with Crippen molar-refractivity contribution >= 4 is 39.2 Å². The lowest BCUT2D eigenvalue weighted by Gasteiger charge is -2.46. The molecule has 2 bridgehead atoms. The van der Waals surface area contributed by atoms with Crippen LogP contribution in [0.4, 0.5) is 5.69 Å². The fraction of sp³-hybridized carbons (Fsp3) is 0.543. The fourth-order valence-corrected chi connectivity index (χ4v) is 9.70. The van der Waals surface area contributed by atoms with Gasteiger partial charge in [0, 0.05) is 36.2 Å². The van der Waals surface area contributed by atoms with Crippen molar-refractivity contribution in [2.45, 2.75) is 68.6 Å². The van der Waals surface area contributed by atoms with E-state index in [-0.39, 0.29) is 29.4 Å².